The highest BCUT2D eigenvalue weighted by Crippen LogP contribution is 2.12. The van der Waals surface area contributed by atoms with Gasteiger partial charge >= 0.3 is 0 Å². The monoisotopic (exact) mass is 302 g/mol. The van der Waals surface area contributed by atoms with E-state index in [1.54, 1.807) is 11.3 Å². The molecule has 0 aliphatic carbocycles. The summed E-state index contributed by atoms with van der Waals surface area (Å²) in [6.07, 6.45) is 3.12. The van der Waals surface area contributed by atoms with Gasteiger partial charge in [-0.2, -0.15) is 0 Å². The van der Waals surface area contributed by atoms with Crippen molar-refractivity contribution < 1.29 is 0 Å². The van der Waals surface area contributed by atoms with Crippen LogP contribution in [0.2, 0.25) is 0 Å². The highest BCUT2D eigenvalue weighted by molar-refractivity contribution is 7.09. The van der Waals surface area contributed by atoms with Gasteiger partial charge < -0.3 is 0 Å². The van der Waals surface area contributed by atoms with Crippen molar-refractivity contribution in [1.29, 1.82) is 0 Å². The molecule has 3 rings (SSSR count). The largest absolute Gasteiger partial charge is 0.296 e. The molecule has 0 amide bonds. The summed E-state index contributed by atoms with van der Waals surface area (Å²) >= 11 is 1.75. The Labute approximate surface area is 130 Å². The van der Waals surface area contributed by atoms with Crippen LogP contribution in [0.5, 0.6) is 0 Å². The molecule has 0 saturated carbocycles. The minimum absolute atomic E-state index is 0.965. The summed E-state index contributed by atoms with van der Waals surface area (Å²) in [7, 11) is 0. The molecule has 112 valence electrons. The summed E-state index contributed by atoms with van der Waals surface area (Å²) in [5.74, 6) is 0. The molecule has 1 aliphatic heterocycles. The maximum atomic E-state index is 4.61. The Morgan fingerprint density at radius 3 is 2.62 bits per heavy atom. The van der Waals surface area contributed by atoms with Gasteiger partial charge in [-0.25, -0.2) is 4.98 Å². The summed E-state index contributed by atoms with van der Waals surface area (Å²) in [6, 6.07) is 6.29. The first-order chi connectivity index (χ1) is 10.3. The second kappa shape index (κ2) is 7.11. The van der Waals surface area contributed by atoms with Crippen LogP contribution in [0.1, 0.15) is 22.8 Å². The fraction of sp³-hybridized carbons (Fsp3) is 0.500. The molecule has 2 aromatic rings. The topological polar surface area (TPSA) is 32.3 Å². The first kappa shape index (κ1) is 14.6. The molecular weight excluding hydrogens is 280 g/mol. The summed E-state index contributed by atoms with van der Waals surface area (Å²) in [4.78, 5) is 14.0. The molecular formula is C16H22N4S. The highest BCUT2D eigenvalue weighted by Gasteiger charge is 2.16. The molecule has 0 aromatic carbocycles. The molecule has 3 heterocycles. The molecule has 0 N–H and O–H groups in total. The predicted octanol–water partition coefficient (Wildman–Crippen LogP) is 2.55. The zero-order valence-corrected chi connectivity index (χ0v) is 13.4. The van der Waals surface area contributed by atoms with Gasteiger partial charge in [0.1, 0.15) is 5.01 Å². The van der Waals surface area contributed by atoms with Gasteiger partial charge in [0.15, 0.2) is 0 Å². The van der Waals surface area contributed by atoms with Gasteiger partial charge in [-0.3, -0.25) is 14.8 Å². The van der Waals surface area contributed by atoms with Crippen LogP contribution in [-0.4, -0.2) is 45.9 Å². The second-order valence-electron chi connectivity index (χ2n) is 5.60. The van der Waals surface area contributed by atoms with Crippen molar-refractivity contribution in [2.24, 2.45) is 0 Å². The van der Waals surface area contributed by atoms with Crippen LogP contribution in [0, 0.1) is 6.92 Å². The van der Waals surface area contributed by atoms with Crippen molar-refractivity contribution in [2.75, 3.05) is 26.2 Å². The Hall–Kier alpha value is -1.30. The Bertz CT molecular complexity index is 555. The van der Waals surface area contributed by atoms with Crippen LogP contribution in [0.25, 0.3) is 0 Å². The molecule has 4 nitrogen and oxygen atoms in total. The Balaban J connectivity index is 1.53. The fourth-order valence-electron chi connectivity index (χ4n) is 2.78. The number of rotatable bonds is 4. The first-order valence-electron chi connectivity index (χ1n) is 7.55. The minimum atomic E-state index is 0.965. The SMILES string of the molecule is Cc1cccc(CN2CCCN(Cc3nccs3)CC2)n1. The number of thiazole rings is 1. The minimum Gasteiger partial charge on any atom is -0.296 e. The summed E-state index contributed by atoms with van der Waals surface area (Å²) in [6.45, 7) is 8.57. The normalized spacial score (nSPS) is 17.8. The molecule has 1 fully saturated rings. The number of nitrogens with zero attached hydrogens (tertiary/aromatic N) is 4. The first-order valence-corrected chi connectivity index (χ1v) is 8.43. The molecule has 0 bridgehead atoms. The highest BCUT2D eigenvalue weighted by atomic mass is 32.1. The number of hydrogen-bond donors (Lipinski definition) is 0. The summed E-state index contributed by atoms with van der Waals surface area (Å²) in [5, 5.41) is 3.28. The molecule has 0 atom stereocenters. The lowest BCUT2D eigenvalue weighted by molar-refractivity contribution is 0.245. The zero-order valence-electron chi connectivity index (χ0n) is 12.5. The smallest absolute Gasteiger partial charge is 0.107 e. The molecule has 0 spiro atoms. The molecule has 1 saturated heterocycles. The van der Waals surface area contributed by atoms with Crippen molar-refractivity contribution in [2.45, 2.75) is 26.4 Å². The van der Waals surface area contributed by atoms with Crippen LogP contribution < -0.4 is 0 Å². The maximum Gasteiger partial charge on any atom is 0.107 e. The average molecular weight is 302 g/mol. The van der Waals surface area contributed by atoms with Gasteiger partial charge in [0, 0.05) is 36.9 Å². The van der Waals surface area contributed by atoms with Gasteiger partial charge in [-0.05, 0) is 38.6 Å². The van der Waals surface area contributed by atoms with Crippen molar-refractivity contribution >= 4 is 11.3 Å². The number of aromatic nitrogens is 2. The number of hydrogen-bond acceptors (Lipinski definition) is 5. The van der Waals surface area contributed by atoms with Crippen LogP contribution in [0.4, 0.5) is 0 Å². The Morgan fingerprint density at radius 2 is 1.90 bits per heavy atom. The van der Waals surface area contributed by atoms with Gasteiger partial charge in [-0.15, -0.1) is 11.3 Å². The van der Waals surface area contributed by atoms with Gasteiger partial charge in [0.2, 0.25) is 0 Å². The molecule has 1 aliphatic rings. The lowest BCUT2D eigenvalue weighted by Crippen LogP contribution is -2.30. The van der Waals surface area contributed by atoms with E-state index in [4.69, 9.17) is 0 Å². The standard InChI is InChI=1S/C16H22N4S/c1-14-4-2-5-15(18-14)12-19-7-3-8-20(10-9-19)13-16-17-6-11-21-16/h2,4-6,11H,3,7-10,12-13H2,1H3. The van der Waals surface area contributed by atoms with E-state index in [0.717, 1.165) is 45.0 Å². The van der Waals surface area contributed by atoms with E-state index < -0.39 is 0 Å². The fourth-order valence-corrected chi connectivity index (χ4v) is 3.44. The van der Waals surface area contributed by atoms with Crippen molar-refractivity contribution in [1.82, 2.24) is 19.8 Å². The van der Waals surface area contributed by atoms with Gasteiger partial charge in [-0.1, -0.05) is 6.07 Å². The number of aryl methyl sites for hydroxylation is 1. The molecule has 5 heteroatoms. The van der Waals surface area contributed by atoms with E-state index in [1.165, 1.54) is 17.1 Å². The summed E-state index contributed by atoms with van der Waals surface area (Å²) < 4.78 is 0. The third-order valence-corrected chi connectivity index (χ3v) is 4.62. The van der Waals surface area contributed by atoms with E-state index in [1.807, 2.05) is 6.20 Å². The molecule has 21 heavy (non-hydrogen) atoms. The van der Waals surface area contributed by atoms with Crippen LogP contribution in [0.3, 0.4) is 0 Å². The Kier molecular flexibility index (Phi) is 4.95. The van der Waals surface area contributed by atoms with Gasteiger partial charge in [0.05, 0.1) is 12.2 Å². The quantitative estimate of drug-likeness (QED) is 0.869. The van der Waals surface area contributed by atoms with Crippen molar-refractivity contribution in [3.8, 4) is 0 Å². The predicted molar refractivity (Wildman–Crippen MR) is 86.3 cm³/mol. The van der Waals surface area contributed by atoms with Crippen molar-refractivity contribution in [3.63, 3.8) is 0 Å². The zero-order chi connectivity index (χ0) is 14.5. The van der Waals surface area contributed by atoms with Crippen LogP contribution >= 0.6 is 11.3 Å². The van der Waals surface area contributed by atoms with E-state index in [9.17, 15) is 0 Å². The van der Waals surface area contributed by atoms with Gasteiger partial charge in [0.25, 0.3) is 0 Å². The third kappa shape index (κ3) is 4.33. The Morgan fingerprint density at radius 1 is 1.10 bits per heavy atom. The van der Waals surface area contributed by atoms with E-state index in [-0.39, 0.29) is 0 Å². The summed E-state index contributed by atoms with van der Waals surface area (Å²) in [5.41, 5.74) is 2.29. The van der Waals surface area contributed by atoms with E-state index in [0.29, 0.717) is 0 Å². The van der Waals surface area contributed by atoms with E-state index in [2.05, 4.69) is 50.3 Å². The van der Waals surface area contributed by atoms with Crippen LogP contribution in [0.15, 0.2) is 29.8 Å². The molecule has 0 unspecified atom stereocenters. The third-order valence-electron chi connectivity index (χ3n) is 3.86. The maximum absolute atomic E-state index is 4.61. The number of pyridine rings is 1. The van der Waals surface area contributed by atoms with Crippen molar-refractivity contribution in [3.05, 3.63) is 46.2 Å². The second-order valence-corrected chi connectivity index (χ2v) is 6.58. The average Bonchev–Trinajstić information content (AvgIpc) is 2.87. The van der Waals surface area contributed by atoms with E-state index >= 15 is 0 Å². The lowest BCUT2D eigenvalue weighted by Gasteiger charge is -2.21. The molecule has 2 aromatic heterocycles. The van der Waals surface area contributed by atoms with Crippen LogP contribution in [-0.2, 0) is 13.1 Å². The molecule has 0 radical (unpaired) electrons. The lowest BCUT2D eigenvalue weighted by atomic mass is 10.3.